The Morgan fingerprint density at radius 3 is 2.62 bits per heavy atom. The molecule has 8 heavy (non-hydrogen) atoms. The van der Waals surface area contributed by atoms with Crippen LogP contribution in [0.5, 0.6) is 0 Å². The fraction of sp³-hybridized carbons (Fsp3) is 1.00. The first-order valence-corrected chi connectivity index (χ1v) is 2.85. The molecule has 0 aromatic rings. The Morgan fingerprint density at radius 2 is 2.25 bits per heavy atom. The van der Waals surface area contributed by atoms with E-state index in [0.717, 1.165) is 6.61 Å². The third-order valence-corrected chi connectivity index (χ3v) is 0.764. The number of hydrogen-bond donors (Lipinski definition) is 2. The van der Waals surface area contributed by atoms with Gasteiger partial charge < -0.3 is 4.74 Å². The average molecular weight is 118 g/mol. The summed E-state index contributed by atoms with van der Waals surface area (Å²) in [6, 6.07) is 0. The Hall–Kier alpha value is -0.120. The van der Waals surface area contributed by atoms with Gasteiger partial charge in [-0.1, -0.05) is 0 Å². The maximum absolute atomic E-state index is 5.11. The molecule has 1 unspecified atom stereocenters. The molecule has 0 amide bonds. The Balaban J connectivity index is 2.92. The SMILES string of the molecule is CCOC(C)NNC. The van der Waals surface area contributed by atoms with Crippen molar-refractivity contribution in [3.8, 4) is 0 Å². The predicted molar refractivity (Wildman–Crippen MR) is 33.3 cm³/mol. The van der Waals surface area contributed by atoms with Gasteiger partial charge >= 0.3 is 0 Å². The van der Waals surface area contributed by atoms with Crippen LogP contribution in [0, 0.1) is 0 Å². The van der Waals surface area contributed by atoms with Gasteiger partial charge in [0, 0.05) is 6.61 Å². The van der Waals surface area contributed by atoms with Gasteiger partial charge in [-0.3, -0.25) is 5.43 Å². The number of ether oxygens (including phenoxy) is 1. The summed E-state index contributed by atoms with van der Waals surface area (Å²) in [5.74, 6) is 0. The average Bonchev–Trinajstić information content (AvgIpc) is 1.68. The van der Waals surface area contributed by atoms with Crippen LogP contribution >= 0.6 is 0 Å². The second-order valence-corrected chi connectivity index (χ2v) is 1.49. The minimum absolute atomic E-state index is 0.102. The van der Waals surface area contributed by atoms with E-state index in [-0.39, 0.29) is 6.23 Å². The summed E-state index contributed by atoms with van der Waals surface area (Å²) in [6.07, 6.45) is 0.102. The molecule has 0 saturated heterocycles. The van der Waals surface area contributed by atoms with Crippen LogP contribution in [-0.4, -0.2) is 19.9 Å². The van der Waals surface area contributed by atoms with Crippen LogP contribution in [0.2, 0.25) is 0 Å². The maximum Gasteiger partial charge on any atom is 0.117 e. The van der Waals surface area contributed by atoms with Crippen LogP contribution in [0.3, 0.4) is 0 Å². The van der Waals surface area contributed by atoms with E-state index >= 15 is 0 Å². The summed E-state index contributed by atoms with van der Waals surface area (Å²) in [7, 11) is 1.82. The van der Waals surface area contributed by atoms with Crippen molar-refractivity contribution in [2.24, 2.45) is 0 Å². The zero-order chi connectivity index (χ0) is 6.41. The smallest absolute Gasteiger partial charge is 0.117 e. The van der Waals surface area contributed by atoms with Crippen molar-refractivity contribution in [2.75, 3.05) is 13.7 Å². The number of hydrogen-bond acceptors (Lipinski definition) is 3. The van der Waals surface area contributed by atoms with E-state index in [0.29, 0.717) is 0 Å². The van der Waals surface area contributed by atoms with E-state index in [4.69, 9.17) is 4.74 Å². The molecule has 3 nitrogen and oxygen atoms in total. The summed E-state index contributed by atoms with van der Waals surface area (Å²) >= 11 is 0. The zero-order valence-corrected chi connectivity index (χ0v) is 5.69. The van der Waals surface area contributed by atoms with Gasteiger partial charge in [-0.25, -0.2) is 5.43 Å². The fourth-order valence-electron chi connectivity index (χ4n) is 0.495. The van der Waals surface area contributed by atoms with E-state index in [2.05, 4.69) is 10.9 Å². The van der Waals surface area contributed by atoms with Gasteiger partial charge in [0.05, 0.1) is 0 Å². The molecule has 0 fully saturated rings. The molecular weight excluding hydrogens is 104 g/mol. The number of nitrogens with one attached hydrogen (secondary N) is 2. The molecule has 0 heterocycles. The highest BCUT2D eigenvalue weighted by Crippen LogP contribution is 1.79. The molecule has 0 spiro atoms. The minimum atomic E-state index is 0.102. The highest BCUT2D eigenvalue weighted by molar-refractivity contribution is 4.36. The number of rotatable bonds is 4. The highest BCUT2D eigenvalue weighted by Gasteiger charge is 1.92. The molecule has 0 aromatic carbocycles. The molecule has 1 atom stereocenters. The summed E-state index contributed by atoms with van der Waals surface area (Å²) < 4.78 is 5.11. The first-order chi connectivity index (χ1) is 3.81. The molecule has 0 aliphatic heterocycles. The van der Waals surface area contributed by atoms with Crippen molar-refractivity contribution in [2.45, 2.75) is 20.1 Å². The summed E-state index contributed by atoms with van der Waals surface area (Å²) in [5.41, 5.74) is 5.65. The molecule has 0 rings (SSSR count). The van der Waals surface area contributed by atoms with Gasteiger partial charge in [-0.2, -0.15) is 0 Å². The molecule has 0 aliphatic rings. The van der Waals surface area contributed by atoms with Gasteiger partial charge in [0.25, 0.3) is 0 Å². The van der Waals surface area contributed by atoms with Crippen molar-refractivity contribution in [3.05, 3.63) is 0 Å². The fourth-order valence-corrected chi connectivity index (χ4v) is 0.495. The van der Waals surface area contributed by atoms with Crippen LogP contribution in [0.1, 0.15) is 13.8 Å². The zero-order valence-electron chi connectivity index (χ0n) is 5.69. The van der Waals surface area contributed by atoms with Crippen LogP contribution in [0.15, 0.2) is 0 Å². The van der Waals surface area contributed by atoms with Gasteiger partial charge in [-0.05, 0) is 20.9 Å². The Bertz CT molecular complexity index is 43.7. The molecule has 0 radical (unpaired) electrons. The lowest BCUT2D eigenvalue weighted by Crippen LogP contribution is -2.37. The van der Waals surface area contributed by atoms with E-state index < -0.39 is 0 Å². The van der Waals surface area contributed by atoms with E-state index in [1.165, 1.54) is 0 Å². The van der Waals surface area contributed by atoms with Crippen molar-refractivity contribution in [1.82, 2.24) is 10.9 Å². The van der Waals surface area contributed by atoms with E-state index in [1.54, 1.807) is 0 Å². The monoisotopic (exact) mass is 118 g/mol. The van der Waals surface area contributed by atoms with E-state index in [1.807, 2.05) is 20.9 Å². The first kappa shape index (κ1) is 7.88. The Kier molecular flexibility index (Phi) is 4.95. The summed E-state index contributed by atoms with van der Waals surface area (Å²) in [4.78, 5) is 0. The van der Waals surface area contributed by atoms with Crippen molar-refractivity contribution in [1.29, 1.82) is 0 Å². The molecular formula is C5H14N2O. The predicted octanol–water partition coefficient (Wildman–Crippen LogP) is 0.0929. The lowest BCUT2D eigenvalue weighted by molar-refractivity contribution is 0.0432. The Labute approximate surface area is 50.4 Å². The van der Waals surface area contributed by atoms with Crippen molar-refractivity contribution in [3.63, 3.8) is 0 Å². The molecule has 0 aliphatic carbocycles. The van der Waals surface area contributed by atoms with Crippen LogP contribution in [0.4, 0.5) is 0 Å². The molecule has 2 N–H and O–H groups in total. The normalized spacial score (nSPS) is 13.9. The molecule has 0 aromatic heterocycles. The standard InChI is InChI=1S/C5H14N2O/c1-4-8-5(2)7-6-3/h5-7H,4H2,1-3H3. The van der Waals surface area contributed by atoms with Gasteiger partial charge in [0.1, 0.15) is 6.23 Å². The van der Waals surface area contributed by atoms with Gasteiger partial charge in [0.2, 0.25) is 0 Å². The van der Waals surface area contributed by atoms with Gasteiger partial charge in [0.15, 0.2) is 0 Å². The van der Waals surface area contributed by atoms with E-state index in [9.17, 15) is 0 Å². The minimum Gasteiger partial charge on any atom is -0.363 e. The third-order valence-electron chi connectivity index (χ3n) is 0.764. The molecule has 0 bridgehead atoms. The van der Waals surface area contributed by atoms with Crippen molar-refractivity contribution < 1.29 is 4.74 Å². The second-order valence-electron chi connectivity index (χ2n) is 1.49. The van der Waals surface area contributed by atoms with Crippen LogP contribution in [-0.2, 0) is 4.74 Å². The van der Waals surface area contributed by atoms with Crippen LogP contribution in [0.25, 0.3) is 0 Å². The largest absolute Gasteiger partial charge is 0.363 e. The third kappa shape index (κ3) is 4.05. The summed E-state index contributed by atoms with van der Waals surface area (Å²) in [5, 5.41) is 0. The number of hydrazine groups is 1. The van der Waals surface area contributed by atoms with Gasteiger partial charge in [-0.15, -0.1) is 0 Å². The highest BCUT2D eigenvalue weighted by atomic mass is 16.5. The van der Waals surface area contributed by atoms with Crippen LogP contribution < -0.4 is 10.9 Å². The summed E-state index contributed by atoms with van der Waals surface area (Å²) in [6.45, 7) is 4.66. The molecule has 0 saturated carbocycles. The topological polar surface area (TPSA) is 33.3 Å². The first-order valence-electron chi connectivity index (χ1n) is 2.85. The lowest BCUT2D eigenvalue weighted by Gasteiger charge is -2.11. The maximum atomic E-state index is 5.11. The lowest BCUT2D eigenvalue weighted by atomic mass is 10.7. The molecule has 50 valence electrons. The Morgan fingerprint density at radius 1 is 1.62 bits per heavy atom. The van der Waals surface area contributed by atoms with Crippen molar-refractivity contribution >= 4 is 0 Å². The molecule has 3 heteroatoms. The second kappa shape index (κ2) is 5.03. The quantitative estimate of drug-likeness (QED) is 0.405.